The highest BCUT2D eigenvalue weighted by molar-refractivity contribution is 6.30. The van der Waals surface area contributed by atoms with Gasteiger partial charge in [-0.2, -0.15) is 4.98 Å². The number of rotatable bonds is 3. The highest BCUT2D eigenvalue weighted by Gasteiger charge is 2.35. The van der Waals surface area contributed by atoms with Gasteiger partial charge in [-0.15, -0.1) is 0 Å². The van der Waals surface area contributed by atoms with Gasteiger partial charge in [-0.1, -0.05) is 23.7 Å². The molecule has 2 aliphatic heterocycles. The summed E-state index contributed by atoms with van der Waals surface area (Å²) in [5.74, 6) is 1.53. The van der Waals surface area contributed by atoms with Crippen LogP contribution in [0.25, 0.3) is 0 Å². The lowest BCUT2D eigenvalue weighted by Crippen LogP contribution is -2.43. The Morgan fingerprint density at radius 3 is 2.42 bits per heavy atom. The van der Waals surface area contributed by atoms with Gasteiger partial charge in [-0.25, -0.2) is 4.98 Å². The van der Waals surface area contributed by atoms with Crippen molar-refractivity contribution in [2.45, 2.75) is 31.0 Å². The molecule has 0 amide bonds. The van der Waals surface area contributed by atoms with Crippen molar-refractivity contribution in [1.82, 2.24) is 9.97 Å². The number of piperidine rings is 1. The minimum absolute atomic E-state index is 0.280. The van der Waals surface area contributed by atoms with Crippen molar-refractivity contribution in [3.63, 3.8) is 0 Å². The average Bonchev–Trinajstić information content (AvgIpc) is 3.09. The molecule has 2 N–H and O–H groups in total. The van der Waals surface area contributed by atoms with E-state index in [-0.39, 0.29) is 6.10 Å². The lowest BCUT2D eigenvalue weighted by Gasteiger charge is -2.38. The molecule has 0 bridgehead atoms. The molecule has 2 aromatic rings. The van der Waals surface area contributed by atoms with Crippen molar-refractivity contribution >= 4 is 23.4 Å². The fourth-order valence-electron chi connectivity index (χ4n) is 3.74. The van der Waals surface area contributed by atoms with E-state index in [4.69, 9.17) is 11.6 Å². The normalized spacial score (nSPS) is 22.7. The van der Waals surface area contributed by atoms with Crippen molar-refractivity contribution in [2.24, 2.45) is 0 Å². The third kappa shape index (κ3) is 3.49. The Hall–Kier alpha value is -1.89. The maximum atomic E-state index is 11.0. The van der Waals surface area contributed by atoms with Crippen LogP contribution in [0.3, 0.4) is 0 Å². The summed E-state index contributed by atoms with van der Waals surface area (Å²) < 4.78 is 0. The minimum Gasteiger partial charge on any atom is -0.391 e. The van der Waals surface area contributed by atoms with Gasteiger partial charge < -0.3 is 20.0 Å². The molecule has 0 aliphatic carbocycles. The molecule has 0 spiro atoms. The van der Waals surface area contributed by atoms with Crippen LogP contribution < -0.4 is 9.80 Å². The van der Waals surface area contributed by atoms with Crippen LogP contribution in [0.15, 0.2) is 36.5 Å². The number of aliphatic hydroxyl groups is 2. The Kier molecular flexibility index (Phi) is 4.73. The Labute approximate surface area is 158 Å². The van der Waals surface area contributed by atoms with Gasteiger partial charge >= 0.3 is 0 Å². The lowest BCUT2D eigenvalue weighted by molar-refractivity contribution is 0.0115. The maximum absolute atomic E-state index is 11.0. The number of aromatic nitrogens is 2. The van der Waals surface area contributed by atoms with E-state index in [1.54, 1.807) is 6.20 Å². The van der Waals surface area contributed by atoms with Gasteiger partial charge in [0, 0.05) is 37.4 Å². The Balaban J connectivity index is 1.45. The number of aliphatic hydroxyl groups excluding tert-OH is 1. The molecule has 1 unspecified atom stereocenters. The van der Waals surface area contributed by atoms with E-state index in [2.05, 4.69) is 19.8 Å². The van der Waals surface area contributed by atoms with Crippen LogP contribution in [-0.4, -0.2) is 52.5 Å². The summed E-state index contributed by atoms with van der Waals surface area (Å²) in [4.78, 5) is 13.3. The van der Waals surface area contributed by atoms with Crippen molar-refractivity contribution in [2.75, 3.05) is 36.0 Å². The first-order valence-corrected chi connectivity index (χ1v) is 9.41. The van der Waals surface area contributed by atoms with E-state index in [0.717, 1.165) is 24.3 Å². The van der Waals surface area contributed by atoms with Crippen LogP contribution in [0.1, 0.15) is 24.8 Å². The largest absolute Gasteiger partial charge is 0.391 e. The standard InChI is InChI=1S/C19H23ClN4O2/c20-15-3-1-14(2-4-15)19(26)7-11-23(12-8-19)18-21-9-5-17(22-18)24-10-6-16(25)13-24/h1-5,9,16,25-26H,6-8,10-13H2. The molecule has 1 atom stereocenters. The number of nitrogens with zero attached hydrogens (tertiary/aromatic N) is 4. The smallest absolute Gasteiger partial charge is 0.227 e. The lowest BCUT2D eigenvalue weighted by atomic mass is 9.84. The molecule has 7 heteroatoms. The monoisotopic (exact) mass is 374 g/mol. The average molecular weight is 375 g/mol. The molecule has 3 heterocycles. The summed E-state index contributed by atoms with van der Waals surface area (Å²) in [5.41, 5.74) is 0.0693. The molecule has 1 aromatic heterocycles. The highest BCUT2D eigenvalue weighted by atomic mass is 35.5. The molecule has 0 radical (unpaired) electrons. The van der Waals surface area contributed by atoms with Crippen molar-refractivity contribution in [3.8, 4) is 0 Å². The number of benzene rings is 1. The highest BCUT2D eigenvalue weighted by Crippen LogP contribution is 2.34. The van der Waals surface area contributed by atoms with E-state index >= 15 is 0 Å². The quantitative estimate of drug-likeness (QED) is 0.858. The van der Waals surface area contributed by atoms with Gasteiger partial charge in [0.25, 0.3) is 0 Å². The molecule has 0 saturated carbocycles. The van der Waals surface area contributed by atoms with Crippen molar-refractivity contribution < 1.29 is 10.2 Å². The molecule has 1 aromatic carbocycles. The number of β-amino-alcohol motifs (C(OH)–C–C–N with tert-alkyl or cyclic N) is 1. The summed E-state index contributed by atoms with van der Waals surface area (Å²) in [7, 11) is 0. The van der Waals surface area contributed by atoms with Gasteiger partial charge in [0.2, 0.25) is 5.95 Å². The SMILES string of the molecule is OC1CCN(c2ccnc(N3CCC(O)(c4ccc(Cl)cc4)CC3)n2)C1. The van der Waals surface area contributed by atoms with Crippen LogP contribution in [0, 0.1) is 0 Å². The number of hydrogen-bond acceptors (Lipinski definition) is 6. The molecule has 26 heavy (non-hydrogen) atoms. The number of anilines is 2. The molecule has 138 valence electrons. The summed E-state index contributed by atoms with van der Waals surface area (Å²) in [6.45, 7) is 2.80. The fraction of sp³-hybridized carbons (Fsp3) is 0.474. The summed E-state index contributed by atoms with van der Waals surface area (Å²) >= 11 is 5.95. The summed E-state index contributed by atoms with van der Waals surface area (Å²) in [5, 5.41) is 21.4. The van der Waals surface area contributed by atoms with Gasteiger partial charge in [-0.3, -0.25) is 0 Å². The maximum Gasteiger partial charge on any atom is 0.227 e. The van der Waals surface area contributed by atoms with Crippen molar-refractivity contribution in [1.29, 1.82) is 0 Å². The molecule has 4 rings (SSSR count). The molecule has 2 saturated heterocycles. The Bertz CT molecular complexity index is 762. The van der Waals surface area contributed by atoms with Gasteiger partial charge in [0.15, 0.2) is 0 Å². The Morgan fingerprint density at radius 2 is 1.77 bits per heavy atom. The summed E-state index contributed by atoms with van der Waals surface area (Å²) in [6, 6.07) is 9.31. The zero-order chi connectivity index (χ0) is 18.1. The molecule has 2 aliphatic rings. The third-order valence-electron chi connectivity index (χ3n) is 5.37. The molecule has 6 nitrogen and oxygen atoms in total. The zero-order valence-electron chi connectivity index (χ0n) is 14.6. The van der Waals surface area contributed by atoms with E-state index in [1.165, 1.54) is 0 Å². The predicted molar refractivity (Wildman–Crippen MR) is 102 cm³/mol. The van der Waals surface area contributed by atoms with E-state index in [1.807, 2.05) is 30.3 Å². The van der Waals surface area contributed by atoms with Gasteiger partial charge in [0.1, 0.15) is 5.82 Å². The predicted octanol–water partition coefficient (Wildman–Crippen LogP) is 2.19. The van der Waals surface area contributed by atoms with Gasteiger partial charge in [-0.05, 0) is 43.0 Å². The summed E-state index contributed by atoms with van der Waals surface area (Å²) in [6.07, 6.45) is 3.49. The van der Waals surface area contributed by atoms with Gasteiger partial charge in [0.05, 0.1) is 11.7 Å². The third-order valence-corrected chi connectivity index (χ3v) is 5.62. The first-order valence-electron chi connectivity index (χ1n) is 9.03. The zero-order valence-corrected chi connectivity index (χ0v) is 15.3. The molecular weight excluding hydrogens is 352 g/mol. The number of hydrogen-bond donors (Lipinski definition) is 2. The first kappa shape index (κ1) is 17.5. The molecule has 2 fully saturated rings. The first-order chi connectivity index (χ1) is 12.5. The van der Waals surface area contributed by atoms with E-state index < -0.39 is 5.60 Å². The van der Waals surface area contributed by atoms with E-state index in [9.17, 15) is 10.2 Å². The Morgan fingerprint density at radius 1 is 1.04 bits per heavy atom. The fourth-order valence-corrected chi connectivity index (χ4v) is 3.87. The van der Waals surface area contributed by atoms with Crippen LogP contribution in [0.2, 0.25) is 5.02 Å². The second-order valence-electron chi connectivity index (χ2n) is 7.13. The topological polar surface area (TPSA) is 72.7 Å². The van der Waals surface area contributed by atoms with Crippen LogP contribution in [-0.2, 0) is 5.60 Å². The van der Waals surface area contributed by atoms with Crippen LogP contribution >= 0.6 is 11.6 Å². The minimum atomic E-state index is -0.836. The van der Waals surface area contributed by atoms with Crippen LogP contribution in [0.4, 0.5) is 11.8 Å². The second-order valence-corrected chi connectivity index (χ2v) is 7.57. The van der Waals surface area contributed by atoms with Crippen molar-refractivity contribution in [3.05, 3.63) is 47.1 Å². The molecular formula is C19H23ClN4O2. The second kappa shape index (κ2) is 7.02. The number of halogens is 1. The van der Waals surface area contributed by atoms with E-state index in [0.29, 0.717) is 43.4 Å². The van der Waals surface area contributed by atoms with Crippen LogP contribution in [0.5, 0.6) is 0 Å².